The van der Waals surface area contributed by atoms with Gasteiger partial charge in [0.1, 0.15) is 0 Å². The fourth-order valence-corrected chi connectivity index (χ4v) is 1.51. The van der Waals surface area contributed by atoms with Crippen LogP contribution in [0.1, 0.15) is 38.4 Å². The Labute approximate surface area is 90.2 Å². The van der Waals surface area contributed by atoms with Crippen molar-refractivity contribution in [2.45, 2.75) is 45.1 Å². The first-order valence-electron chi connectivity index (χ1n) is 5.45. The molecule has 86 valence electrons. The SMILES string of the molecule is CCCCCC(Cc1nnn(C)n1)NN. The van der Waals surface area contributed by atoms with Crippen LogP contribution >= 0.6 is 0 Å². The normalized spacial score (nSPS) is 13.0. The molecule has 0 aliphatic carbocycles. The zero-order valence-electron chi connectivity index (χ0n) is 9.48. The van der Waals surface area contributed by atoms with Crippen LogP contribution < -0.4 is 11.3 Å². The van der Waals surface area contributed by atoms with Crippen LogP contribution in [0.25, 0.3) is 0 Å². The Morgan fingerprint density at radius 3 is 2.80 bits per heavy atom. The molecule has 0 saturated carbocycles. The summed E-state index contributed by atoms with van der Waals surface area (Å²) in [6.07, 6.45) is 5.45. The highest BCUT2D eigenvalue weighted by Gasteiger charge is 2.10. The average Bonchev–Trinajstić information content (AvgIpc) is 2.63. The lowest BCUT2D eigenvalue weighted by Gasteiger charge is -2.12. The van der Waals surface area contributed by atoms with Gasteiger partial charge in [-0.25, -0.2) is 0 Å². The predicted molar refractivity (Wildman–Crippen MR) is 57.8 cm³/mol. The topological polar surface area (TPSA) is 81.7 Å². The number of aromatic nitrogens is 4. The number of nitrogens with two attached hydrogens (primary N) is 1. The first-order valence-corrected chi connectivity index (χ1v) is 5.45. The maximum absolute atomic E-state index is 5.48. The summed E-state index contributed by atoms with van der Waals surface area (Å²) in [5, 5.41) is 11.9. The lowest BCUT2D eigenvalue weighted by atomic mass is 10.1. The standard InChI is InChI=1S/C9H20N6/c1-3-4-5-6-8(11-10)7-9-12-14-15(2)13-9/h8,11H,3-7,10H2,1-2H3. The van der Waals surface area contributed by atoms with Crippen molar-refractivity contribution in [3.8, 4) is 0 Å². The van der Waals surface area contributed by atoms with Gasteiger partial charge in [-0.15, -0.1) is 10.2 Å². The van der Waals surface area contributed by atoms with E-state index in [0.29, 0.717) is 0 Å². The fourth-order valence-electron chi connectivity index (χ4n) is 1.51. The molecule has 0 aliphatic heterocycles. The molecule has 0 aromatic carbocycles. The minimum atomic E-state index is 0.251. The van der Waals surface area contributed by atoms with E-state index >= 15 is 0 Å². The van der Waals surface area contributed by atoms with Gasteiger partial charge in [0.15, 0.2) is 5.82 Å². The van der Waals surface area contributed by atoms with Crippen LogP contribution in [0.15, 0.2) is 0 Å². The molecule has 0 radical (unpaired) electrons. The zero-order chi connectivity index (χ0) is 11.1. The van der Waals surface area contributed by atoms with Crippen LogP contribution in [0.5, 0.6) is 0 Å². The maximum atomic E-state index is 5.48. The largest absolute Gasteiger partial charge is 0.271 e. The third-order valence-corrected chi connectivity index (χ3v) is 2.37. The molecule has 3 N–H and O–H groups in total. The molecule has 1 aromatic heterocycles. The second kappa shape index (κ2) is 6.47. The molecule has 0 bridgehead atoms. The molecular formula is C9H20N6. The molecule has 1 unspecified atom stereocenters. The van der Waals surface area contributed by atoms with Gasteiger partial charge in [-0.1, -0.05) is 26.2 Å². The molecule has 0 spiro atoms. The molecule has 0 saturated heterocycles. The summed E-state index contributed by atoms with van der Waals surface area (Å²) < 4.78 is 0. The van der Waals surface area contributed by atoms with E-state index in [1.165, 1.54) is 24.1 Å². The Hall–Kier alpha value is -1.01. The van der Waals surface area contributed by atoms with Crippen molar-refractivity contribution < 1.29 is 0 Å². The van der Waals surface area contributed by atoms with Gasteiger partial charge in [0, 0.05) is 12.5 Å². The third-order valence-electron chi connectivity index (χ3n) is 2.37. The predicted octanol–water partition coefficient (Wildman–Crippen LogP) is 0.165. The van der Waals surface area contributed by atoms with E-state index in [2.05, 4.69) is 27.8 Å². The minimum absolute atomic E-state index is 0.251. The van der Waals surface area contributed by atoms with Gasteiger partial charge in [-0.3, -0.25) is 11.3 Å². The summed E-state index contributed by atoms with van der Waals surface area (Å²) in [6.45, 7) is 2.19. The molecule has 0 fully saturated rings. The van der Waals surface area contributed by atoms with E-state index in [4.69, 9.17) is 5.84 Å². The summed E-state index contributed by atoms with van der Waals surface area (Å²) in [5.41, 5.74) is 2.80. The fraction of sp³-hybridized carbons (Fsp3) is 0.889. The second-order valence-corrected chi connectivity index (χ2v) is 3.76. The van der Waals surface area contributed by atoms with Crippen molar-refractivity contribution in [3.63, 3.8) is 0 Å². The monoisotopic (exact) mass is 212 g/mol. The van der Waals surface area contributed by atoms with Gasteiger partial charge in [0.05, 0.1) is 7.05 Å². The number of hydrazine groups is 1. The van der Waals surface area contributed by atoms with Crippen molar-refractivity contribution in [2.24, 2.45) is 12.9 Å². The van der Waals surface area contributed by atoms with Gasteiger partial charge < -0.3 is 0 Å². The van der Waals surface area contributed by atoms with E-state index in [0.717, 1.165) is 18.7 Å². The van der Waals surface area contributed by atoms with E-state index < -0.39 is 0 Å². The smallest absolute Gasteiger partial charge is 0.176 e. The van der Waals surface area contributed by atoms with Crippen molar-refractivity contribution >= 4 is 0 Å². The molecular weight excluding hydrogens is 192 g/mol. The lowest BCUT2D eigenvalue weighted by Crippen LogP contribution is -2.37. The lowest BCUT2D eigenvalue weighted by molar-refractivity contribution is 0.458. The van der Waals surface area contributed by atoms with Crippen LogP contribution in [0, 0.1) is 0 Å². The van der Waals surface area contributed by atoms with Crippen LogP contribution in [-0.4, -0.2) is 26.2 Å². The van der Waals surface area contributed by atoms with Crippen molar-refractivity contribution in [1.29, 1.82) is 0 Å². The zero-order valence-corrected chi connectivity index (χ0v) is 9.48. The Kier molecular flexibility index (Phi) is 5.20. The number of hydrogen-bond acceptors (Lipinski definition) is 5. The van der Waals surface area contributed by atoms with Gasteiger partial charge in [0.2, 0.25) is 0 Å². The van der Waals surface area contributed by atoms with Gasteiger partial charge in [-0.2, -0.15) is 4.80 Å². The van der Waals surface area contributed by atoms with Crippen LogP contribution in [0.2, 0.25) is 0 Å². The Bertz CT molecular complexity index is 271. The van der Waals surface area contributed by atoms with Crippen molar-refractivity contribution in [1.82, 2.24) is 25.6 Å². The third kappa shape index (κ3) is 4.35. The first kappa shape index (κ1) is 12.1. The number of tetrazole rings is 1. The minimum Gasteiger partial charge on any atom is -0.271 e. The van der Waals surface area contributed by atoms with E-state index in [1.807, 2.05) is 0 Å². The summed E-state index contributed by atoms with van der Waals surface area (Å²) in [6, 6.07) is 0.251. The van der Waals surface area contributed by atoms with Gasteiger partial charge >= 0.3 is 0 Å². The Morgan fingerprint density at radius 1 is 1.47 bits per heavy atom. The van der Waals surface area contributed by atoms with Gasteiger partial charge in [-0.05, 0) is 11.6 Å². The number of nitrogens with zero attached hydrogens (tertiary/aromatic N) is 4. The Balaban J connectivity index is 2.33. The number of unbranched alkanes of at least 4 members (excludes halogenated alkanes) is 2. The highest BCUT2D eigenvalue weighted by atomic mass is 15.6. The summed E-state index contributed by atoms with van der Waals surface area (Å²) in [4.78, 5) is 1.47. The molecule has 1 heterocycles. The van der Waals surface area contributed by atoms with Gasteiger partial charge in [0.25, 0.3) is 0 Å². The molecule has 1 aromatic rings. The van der Waals surface area contributed by atoms with E-state index in [9.17, 15) is 0 Å². The van der Waals surface area contributed by atoms with E-state index in [-0.39, 0.29) is 6.04 Å². The molecule has 6 heteroatoms. The molecule has 1 rings (SSSR count). The quantitative estimate of drug-likeness (QED) is 0.382. The highest BCUT2D eigenvalue weighted by Crippen LogP contribution is 2.05. The average molecular weight is 212 g/mol. The number of nitrogens with one attached hydrogen (secondary N) is 1. The van der Waals surface area contributed by atoms with Crippen LogP contribution in [0.4, 0.5) is 0 Å². The second-order valence-electron chi connectivity index (χ2n) is 3.76. The first-order chi connectivity index (χ1) is 7.26. The van der Waals surface area contributed by atoms with E-state index in [1.54, 1.807) is 7.05 Å². The maximum Gasteiger partial charge on any atom is 0.176 e. The number of hydrogen-bond donors (Lipinski definition) is 2. The molecule has 15 heavy (non-hydrogen) atoms. The van der Waals surface area contributed by atoms with Crippen molar-refractivity contribution in [3.05, 3.63) is 5.82 Å². The molecule has 0 amide bonds. The molecule has 0 aliphatic rings. The molecule has 1 atom stereocenters. The highest BCUT2D eigenvalue weighted by molar-refractivity contribution is 4.83. The van der Waals surface area contributed by atoms with Crippen molar-refractivity contribution in [2.75, 3.05) is 0 Å². The summed E-state index contributed by atoms with van der Waals surface area (Å²) >= 11 is 0. The summed E-state index contributed by atoms with van der Waals surface area (Å²) in [5.74, 6) is 6.22. The molecule has 6 nitrogen and oxygen atoms in total. The summed E-state index contributed by atoms with van der Waals surface area (Å²) in [7, 11) is 1.76. The number of aryl methyl sites for hydroxylation is 1. The van der Waals surface area contributed by atoms with Crippen LogP contribution in [0.3, 0.4) is 0 Å². The van der Waals surface area contributed by atoms with Crippen LogP contribution in [-0.2, 0) is 13.5 Å². The Morgan fingerprint density at radius 2 is 2.27 bits per heavy atom. The number of rotatable bonds is 7.